The zero-order valence-electron chi connectivity index (χ0n) is 12.9. The zero-order valence-corrected chi connectivity index (χ0v) is 14.5. The summed E-state index contributed by atoms with van der Waals surface area (Å²) in [7, 11) is 0. The summed E-state index contributed by atoms with van der Waals surface area (Å²) in [4.78, 5) is 24.0. The van der Waals surface area contributed by atoms with Gasteiger partial charge in [-0.2, -0.15) is 0 Å². The Balaban J connectivity index is 1.85. The van der Waals surface area contributed by atoms with Crippen LogP contribution in [0.2, 0.25) is 5.02 Å². The van der Waals surface area contributed by atoms with Gasteiger partial charge in [-0.1, -0.05) is 11.6 Å². The molecule has 0 saturated heterocycles. The second kappa shape index (κ2) is 8.70. The van der Waals surface area contributed by atoms with Gasteiger partial charge in [0, 0.05) is 34.7 Å². The van der Waals surface area contributed by atoms with Crippen molar-refractivity contribution in [3.63, 3.8) is 0 Å². The van der Waals surface area contributed by atoms with Gasteiger partial charge in [0.1, 0.15) is 5.82 Å². The van der Waals surface area contributed by atoms with E-state index in [9.17, 15) is 14.0 Å². The van der Waals surface area contributed by atoms with Crippen molar-refractivity contribution in [3.8, 4) is 0 Å². The van der Waals surface area contributed by atoms with Crippen molar-refractivity contribution in [3.05, 3.63) is 53.3 Å². The van der Waals surface area contributed by atoms with Crippen molar-refractivity contribution in [2.24, 2.45) is 0 Å². The number of thioether (sulfide) groups is 1. The second-order valence-corrected chi connectivity index (χ2v) is 6.58. The number of nitrogens with one attached hydrogen (secondary N) is 2. The fourth-order valence-corrected chi connectivity index (χ4v) is 2.88. The molecule has 0 aliphatic heterocycles. The number of carbonyl (C=O) groups excluding carboxylic acids is 2. The number of anilines is 2. The molecule has 0 unspecified atom stereocenters. The molecule has 2 N–H and O–H groups in total. The van der Waals surface area contributed by atoms with Crippen LogP contribution in [0.25, 0.3) is 0 Å². The van der Waals surface area contributed by atoms with E-state index < -0.39 is 5.82 Å². The van der Waals surface area contributed by atoms with Gasteiger partial charge in [0.2, 0.25) is 11.8 Å². The van der Waals surface area contributed by atoms with Gasteiger partial charge in [-0.05, 0) is 42.5 Å². The monoisotopic (exact) mass is 366 g/mol. The van der Waals surface area contributed by atoms with Crippen molar-refractivity contribution in [1.29, 1.82) is 0 Å². The number of benzene rings is 2. The maximum Gasteiger partial charge on any atom is 0.225 e. The van der Waals surface area contributed by atoms with Gasteiger partial charge < -0.3 is 10.6 Å². The normalized spacial score (nSPS) is 10.3. The predicted octanol–water partition coefficient (Wildman–Crippen LogP) is 4.56. The molecule has 126 valence electrons. The molecule has 0 aliphatic carbocycles. The topological polar surface area (TPSA) is 58.2 Å². The summed E-state index contributed by atoms with van der Waals surface area (Å²) < 4.78 is 13.5. The number of amides is 2. The van der Waals surface area contributed by atoms with E-state index in [-0.39, 0.29) is 17.5 Å². The summed E-state index contributed by atoms with van der Waals surface area (Å²) in [6.07, 6.45) is 0.306. The molecule has 0 aliphatic rings. The molecular formula is C17H16ClFN2O2S. The lowest BCUT2D eigenvalue weighted by Crippen LogP contribution is -2.13. The molecule has 24 heavy (non-hydrogen) atoms. The van der Waals surface area contributed by atoms with Gasteiger partial charge in [-0.15, -0.1) is 11.8 Å². The Morgan fingerprint density at radius 3 is 2.50 bits per heavy atom. The highest BCUT2D eigenvalue weighted by Crippen LogP contribution is 2.22. The minimum Gasteiger partial charge on any atom is -0.326 e. The maximum absolute atomic E-state index is 13.5. The van der Waals surface area contributed by atoms with Gasteiger partial charge in [0.25, 0.3) is 0 Å². The number of halogens is 2. The first-order chi connectivity index (χ1) is 11.4. The Hall–Kier alpha value is -2.05. The summed E-state index contributed by atoms with van der Waals surface area (Å²) in [5.74, 6) is -0.511. The van der Waals surface area contributed by atoms with Gasteiger partial charge in [-0.3, -0.25) is 9.59 Å². The molecule has 2 aromatic rings. The largest absolute Gasteiger partial charge is 0.326 e. The molecule has 0 heterocycles. The summed E-state index contributed by atoms with van der Waals surface area (Å²) in [6, 6.07) is 11.4. The molecule has 7 heteroatoms. The van der Waals surface area contributed by atoms with Crippen molar-refractivity contribution in [1.82, 2.24) is 0 Å². The van der Waals surface area contributed by atoms with Gasteiger partial charge in [0.15, 0.2) is 0 Å². The Labute approximate surface area is 148 Å². The van der Waals surface area contributed by atoms with Crippen LogP contribution in [0, 0.1) is 5.82 Å². The van der Waals surface area contributed by atoms with Crippen molar-refractivity contribution >= 4 is 46.6 Å². The standard InChI is InChI=1S/C17H16ClFN2O2S/c1-11(22)20-16-10-13(4-7-15(16)19)21-17(23)8-9-24-14-5-2-12(18)3-6-14/h2-7,10H,8-9H2,1H3,(H,20,22)(H,21,23). The van der Waals surface area contributed by atoms with E-state index in [0.717, 1.165) is 4.90 Å². The molecule has 2 rings (SSSR count). The van der Waals surface area contributed by atoms with Crippen LogP contribution in [0.5, 0.6) is 0 Å². The summed E-state index contributed by atoms with van der Waals surface area (Å²) in [5.41, 5.74) is 0.470. The molecule has 2 aromatic carbocycles. The average molecular weight is 367 g/mol. The third kappa shape index (κ3) is 5.86. The third-order valence-electron chi connectivity index (χ3n) is 2.97. The van der Waals surface area contributed by atoms with E-state index in [4.69, 9.17) is 11.6 Å². The lowest BCUT2D eigenvalue weighted by molar-refractivity contribution is -0.116. The van der Waals surface area contributed by atoms with Crippen LogP contribution >= 0.6 is 23.4 Å². The molecule has 0 spiro atoms. The van der Waals surface area contributed by atoms with Crippen LogP contribution in [0.15, 0.2) is 47.4 Å². The van der Waals surface area contributed by atoms with E-state index in [2.05, 4.69) is 10.6 Å². The first-order valence-corrected chi connectivity index (χ1v) is 8.56. The SMILES string of the molecule is CC(=O)Nc1cc(NC(=O)CCSc2ccc(Cl)cc2)ccc1F. The number of rotatable bonds is 6. The number of hydrogen-bond donors (Lipinski definition) is 2. The lowest BCUT2D eigenvalue weighted by Gasteiger charge is -2.09. The molecule has 0 fully saturated rings. The number of hydrogen-bond acceptors (Lipinski definition) is 3. The van der Waals surface area contributed by atoms with Crippen LogP contribution in [0.3, 0.4) is 0 Å². The van der Waals surface area contributed by atoms with Crippen LogP contribution in [-0.2, 0) is 9.59 Å². The highest BCUT2D eigenvalue weighted by Gasteiger charge is 2.08. The summed E-state index contributed by atoms with van der Waals surface area (Å²) in [6.45, 7) is 1.29. The fourth-order valence-electron chi connectivity index (χ4n) is 1.90. The van der Waals surface area contributed by atoms with Gasteiger partial charge >= 0.3 is 0 Å². The molecule has 0 atom stereocenters. The summed E-state index contributed by atoms with van der Waals surface area (Å²) in [5, 5.41) is 5.73. The predicted molar refractivity (Wildman–Crippen MR) is 96.1 cm³/mol. The molecule has 0 bridgehead atoms. The molecule has 0 radical (unpaired) electrons. The first-order valence-electron chi connectivity index (χ1n) is 7.19. The quantitative estimate of drug-likeness (QED) is 0.737. The van der Waals surface area contributed by atoms with Gasteiger partial charge in [-0.25, -0.2) is 4.39 Å². The zero-order chi connectivity index (χ0) is 17.5. The fraction of sp³-hybridized carbons (Fsp3) is 0.176. The van der Waals surface area contributed by atoms with E-state index in [1.165, 1.54) is 25.1 Å². The van der Waals surface area contributed by atoms with Crippen molar-refractivity contribution < 1.29 is 14.0 Å². The molecule has 4 nitrogen and oxygen atoms in total. The smallest absolute Gasteiger partial charge is 0.225 e. The average Bonchev–Trinajstić information content (AvgIpc) is 2.52. The Bertz CT molecular complexity index is 738. The molecule has 0 aromatic heterocycles. The summed E-state index contributed by atoms with van der Waals surface area (Å²) >= 11 is 7.36. The van der Waals surface area contributed by atoms with Gasteiger partial charge in [0.05, 0.1) is 5.69 Å². The lowest BCUT2D eigenvalue weighted by atomic mass is 10.2. The Morgan fingerprint density at radius 2 is 1.83 bits per heavy atom. The van der Waals surface area contributed by atoms with Crippen LogP contribution in [-0.4, -0.2) is 17.6 Å². The van der Waals surface area contributed by atoms with Crippen LogP contribution in [0.4, 0.5) is 15.8 Å². The van der Waals surface area contributed by atoms with Crippen LogP contribution < -0.4 is 10.6 Å². The number of carbonyl (C=O) groups is 2. The van der Waals surface area contributed by atoms with E-state index in [0.29, 0.717) is 22.9 Å². The minimum absolute atomic E-state index is 0.0378. The molecule has 0 saturated carbocycles. The highest BCUT2D eigenvalue weighted by molar-refractivity contribution is 7.99. The minimum atomic E-state index is -0.554. The van der Waals surface area contributed by atoms with E-state index in [1.807, 2.05) is 12.1 Å². The Kier molecular flexibility index (Phi) is 6.63. The van der Waals surface area contributed by atoms with E-state index in [1.54, 1.807) is 23.9 Å². The second-order valence-electron chi connectivity index (χ2n) is 4.98. The van der Waals surface area contributed by atoms with Crippen LogP contribution in [0.1, 0.15) is 13.3 Å². The van der Waals surface area contributed by atoms with Crippen molar-refractivity contribution in [2.45, 2.75) is 18.2 Å². The Morgan fingerprint density at radius 1 is 1.12 bits per heavy atom. The maximum atomic E-state index is 13.5. The van der Waals surface area contributed by atoms with Crippen molar-refractivity contribution in [2.75, 3.05) is 16.4 Å². The van der Waals surface area contributed by atoms with E-state index >= 15 is 0 Å². The third-order valence-corrected chi connectivity index (χ3v) is 4.24. The highest BCUT2D eigenvalue weighted by atomic mass is 35.5. The first kappa shape index (κ1) is 18.3. The molecular weight excluding hydrogens is 351 g/mol. The molecule has 2 amide bonds.